The molecule has 0 amide bonds. The maximum atomic E-state index is 2.55. The van der Waals surface area contributed by atoms with Crippen molar-refractivity contribution in [3.8, 4) is 0 Å². The van der Waals surface area contributed by atoms with Crippen molar-refractivity contribution in [2.45, 2.75) is 6.92 Å². The number of hydrazine groups is 1. The highest BCUT2D eigenvalue weighted by Gasteiger charge is 2.23. The van der Waals surface area contributed by atoms with Gasteiger partial charge in [0.05, 0.1) is 0 Å². The van der Waals surface area contributed by atoms with Crippen molar-refractivity contribution in [3.63, 3.8) is 0 Å². The second kappa shape index (κ2) is 5.25. The summed E-state index contributed by atoms with van der Waals surface area (Å²) in [6.07, 6.45) is 0. The van der Waals surface area contributed by atoms with Gasteiger partial charge >= 0.3 is 0 Å². The summed E-state index contributed by atoms with van der Waals surface area (Å²) in [6.45, 7) is 13.2. The van der Waals surface area contributed by atoms with Crippen LogP contribution >= 0.6 is 0 Å². The van der Waals surface area contributed by atoms with E-state index in [0.717, 1.165) is 0 Å². The van der Waals surface area contributed by atoms with E-state index in [1.807, 2.05) is 0 Å². The lowest BCUT2D eigenvalue weighted by molar-refractivity contribution is -0.0778. The summed E-state index contributed by atoms with van der Waals surface area (Å²) >= 11 is 0. The lowest BCUT2D eigenvalue weighted by Crippen LogP contribution is -2.58. The predicted molar refractivity (Wildman–Crippen MR) is 62.8 cm³/mol. The molecule has 0 aromatic heterocycles. The molecule has 0 unspecified atom stereocenters. The van der Waals surface area contributed by atoms with Crippen LogP contribution in [-0.4, -0.2) is 85.8 Å². The third-order valence-corrected chi connectivity index (χ3v) is 3.68. The normalized spacial score (nSPS) is 28.4. The van der Waals surface area contributed by atoms with Crippen LogP contribution in [0.5, 0.6) is 0 Å². The topological polar surface area (TPSA) is 13.0 Å². The second-order valence-electron chi connectivity index (χ2n) is 4.64. The Morgan fingerprint density at radius 2 is 1.20 bits per heavy atom. The molecule has 0 N–H and O–H groups in total. The molecule has 0 aromatic carbocycles. The summed E-state index contributed by atoms with van der Waals surface area (Å²) in [5.74, 6) is 0. The van der Waals surface area contributed by atoms with E-state index in [9.17, 15) is 0 Å². The van der Waals surface area contributed by atoms with Crippen LogP contribution in [0, 0.1) is 0 Å². The van der Waals surface area contributed by atoms with Crippen molar-refractivity contribution in [2.75, 3.05) is 66.0 Å². The van der Waals surface area contributed by atoms with Crippen molar-refractivity contribution < 1.29 is 0 Å². The predicted octanol–water partition coefficient (Wildman–Crippen LogP) is -0.214. The maximum absolute atomic E-state index is 2.55. The fraction of sp³-hybridized carbons (Fsp3) is 1.00. The van der Waals surface area contributed by atoms with Gasteiger partial charge in [0.15, 0.2) is 0 Å². The summed E-state index contributed by atoms with van der Waals surface area (Å²) in [6, 6.07) is 0. The van der Waals surface area contributed by atoms with Gasteiger partial charge < -0.3 is 9.80 Å². The van der Waals surface area contributed by atoms with E-state index in [2.05, 4.69) is 33.8 Å². The van der Waals surface area contributed by atoms with Crippen LogP contribution in [0.15, 0.2) is 0 Å². The molecule has 2 rings (SSSR count). The zero-order valence-electron chi connectivity index (χ0n) is 10.2. The number of hydrogen-bond donors (Lipinski definition) is 0. The first-order chi connectivity index (χ1) is 7.29. The highest BCUT2D eigenvalue weighted by Crippen LogP contribution is 2.08. The monoisotopic (exact) mass is 212 g/mol. The lowest BCUT2D eigenvalue weighted by Gasteiger charge is -2.44. The smallest absolute Gasteiger partial charge is 0.0261 e. The Hall–Kier alpha value is -0.160. The Bertz CT molecular complexity index is 181. The van der Waals surface area contributed by atoms with E-state index in [1.165, 1.54) is 58.9 Å². The quantitative estimate of drug-likeness (QED) is 0.628. The van der Waals surface area contributed by atoms with Gasteiger partial charge in [0, 0.05) is 52.4 Å². The maximum Gasteiger partial charge on any atom is 0.0261 e. The summed E-state index contributed by atoms with van der Waals surface area (Å²) in [5, 5.41) is 5.10. The van der Waals surface area contributed by atoms with Gasteiger partial charge in [-0.2, -0.15) is 0 Å². The SMILES string of the molecule is CCN1CCN(N2CCN(C)CC2)CC1. The molecular formula is C11H24N4. The molecule has 88 valence electrons. The van der Waals surface area contributed by atoms with Gasteiger partial charge in [0.1, 0.15) is 0 Å². The molecular weight excluding hydrogens is 188 g/mol. The highest BCUT2D eigenvalue weighted by molar-refractivity contribution is 4.73. The molecule has 0 spiro atoms. The van der Waals surface area contributed by atoms with Gasteiger partial charge in [0.2, 0.25) is 0 Å². The van der Waals surface area contributed by atoms with Gasteiger partial charge in [-0.3, -0.25) is 0 Å². The number of hydrogen-bond acceptors (Lipinski definition) is 4. The third-order valence-electron chi connectivity index (χ3n) is 3.68. The molecule has 2 saturated heterocycles. The highest BCUT2D eigenvalue weighted by atomic mass is 15.6. The first-order valence-corrected chi connectivity index (χ1v) is 6.20. The molecule has 0 aliphatic carbocycles. The Labute approximate surface area is 93.4 Å². The fourth-order valence-corrected chi connectivity index (χ4v) is 2.42. The minimum Gasteiger partial charge on any atom is -0.304 e. The van der Waals surface area contributed by atoms with E-state index in [1.54, 1.807) is 0 Å². The third kappa shape index (κ3) is 2.91. The minimum atomic E-state index is 1.20. The number of piperazine rings is 2. The van der Waals surface area contributed by atoms with Crippen LogP contribution < -0.4 is 0 Å². The van der Waals surface area contributed by atoms with Gasteiger partial charge in [-0.1, -0.05) is 6.92 Å². The Balaban J connectivity index is 1.75. The lowest BCUT2D eigenvalue weighted by atomic mass is 10.3. The largest absolute Gasteiger partial charge is 0.304 e. The van der Waals surface area contributed by atoms with E-state index < -0.39 is 0 Å². The van der Waals surface area contributed by atoms with Crippen LogP contribution in [0.25, 0.3) is 0 Å². The van der Waals surface area contributed by atoms with Crippen molar-refractivity contribution in [1.29, 1.82) is 0 Å². The summed E-state index contributed by atoms with van der Waals surface area (Å²) in [5.41, 5.74) is 0. The van der Waals surface area contributed by atoms with E-state index in [-0.39, 0.29) is 0 Å². The van der Waals surface area contributed by atoms with Crippen LogP contribution in [0.3, 0.4) is 0 Å². The fourth-order valence-electron chi connectivity index (χ4n) is 2.42. The molecule has 2 heterocycles. The molecule has 4 heteroatoms. The van der Waals surface area contributed by atoms with Crippen LogP contribution in [0.1, 0.15) is 6.92 Å². The van der Waals surface area contributed by atoms with Crippen LogP contribution in [0.2, 0.25) is 0 Å². The van der Waals surface area contributed by atoms with Gasteiger partial charge in [-0.25, -0.2) is 10.0 Å². The number of nitrogens with zero attached hydrogens (tertiary/aromatic N) is 4. The molecule has 0 bridgehead atoms. The van der Waals surface area contributed by atoms with Crippen LogP contribution in [-0.2, 0) is 0 Å². The number of rotatable bonds is 2. The average Bonchev–Trinajstić information content (AvgIpc) is 2.30. The van der Waals surface area contributed by atoms with E-state index in [0.29, 0.717) is 0 Å². The van der Waals surface area contributed by atoms with Crippen molar-refractivity contribution in [1.82, 2.24) is 19.8 Å². The molecule has 4 nitrogen and oxygen atoms in total. The van der Waals surface area contributed by atoms with E-state index >= 15 is 0 Å². The van der Waals surface area contributed by atoms with Gasteiger partial charge in [0.25, 0.3) is 0 Å². The standard InChI is InChI=1S/C11H24N4/c1-3-13-6-10-15(11-7-13)14-8-4-12(2)5-9-14/h3-11H2,1-2H3. The molecule has 2 aliphatic rings. The van der Waals surface area contributed by atoms with Crippen molar-refractivity contribution >= 4 is 0 Å². The van der Waals surface area contributed by atoms with E-state index in [4.69, 9.17) is 0 Å². The Morgan fingerprint density at radius 1 is 0.733 bits per heavy atom. The summed E-state index contributed by atoms with van der Waals surface area (Å²) in [4.78, 5) is 4.95. The molecule has 0 radical (unpaired) electrons. The van der Waals surface area contributed by atoms with Crippen LogP contribution in [0.4, 0.5) is 0 Å². The summed E-state index contributed by atoms with van der Waals surface area (Å²) in [7, 11) is 2.21. The van der Waals surface area contributed by atoms with Gasteiger partial charge in [-0.15, -0.1) is 0 Å². The first-order valence-electron chi connectivity index (χ1n) is 6.20. The minimum absolute atomic E-state index is 1.20. The Morgan fingerprint density at radius 3 is 1.67 bits per heavy atom. The molecule has 2 aliphatic heterocycles. The average molecular weight is 212 g/mol. The zero-order chi connectivity index (χ0) is 10.7. The first kappa shape index (κ1) is 11.3. The zero-order valence-corrected chi connectivity index (χ0v) is 10.2. The summed E-state index contributed by atoms with van der Waals surface area (Å²) < 4.78 is 0. The Kier molecular flexibility index (Phi) is 3.97. The second-order valence-corrected chi connectivity index (χ2v) is 4.64. The van der Waals surface area contributed by atoms with Gasteiger partial charge in [-0.05, 0) is 13.6 Å². The number of likely N-dealkylation sites (N-methyl/N-ethyl adjacent to an activating group) is 2. The molecule has 0 atom stereocenters. The molecule has 15 heavy (non-hydrogen) atoms. The van der Waals surface area contributed by atoms with Crippen molar-refractivity contribution in [2.24, 2.45) is 0 Å². The molecule has 0 saturated carbocycles. The molecule has 0 aromatic rings. The molecule has 2 fully saturated rings. The van der Waals surface area contributed by atoms with Crippen molar-refractivity contribution in [3.05, 3.63) is 0 Å².